The maximum absolute atomic E-state index is 13.8. The molecule has 0 radical (unpaired) electrons. The highest BCUT2D eigenvalue weighted by molar-refractivity contribution is 7.89. The number of methoxy groups -OCH3 is 2. The Hall–Kier alpha value is -5.34. The number of carbonyl (C=O) groups is 1. The molecule has 0 saturated carbocycles. The normalized spacial score (nSPS) is 11.2. The molecule has 14 heteroatoms. The Balaban J connectivity index is 1.63. The van der Waals surface area contributed by atoms with Crippen LogP contribution >= 0.6 is 0 Å². The van der Waals surface area contributed by atoms with Gasteiger partial charge in [0.15, 0.2) is 0 Å². The molecular formula is C30H27FN6O6S. The lowest BCUT2D eigenvalue weighted by Crippen LogP contribution is -2.15. The first-order valence-corrected chi connectivity index (χ1v) is 14.7. The Bertz CT molecular complexity index is 1990. The van der Waals surface area contributed by atoms with Crippen LogP contribution in [0.4, 0.5) is 27.1 Å². The summed E-state index contributed by atoms with van der Waals surface area (Å²) in [6.07, 6.45) is 2.68. The van der Waals surface area contributed by atoms with E-state index in [0.717, 1.165) is 6.20 Å². The summed E-state index contributed by atoms with van der Waals surface area (Å²) in [5, 5.41) is 12.2. The molecule has 0 amide bonds. The van der Waals surface area contributed by atoms with Crippen LogP contribution in [-0.2, 0) is 14.8 Å². The van der Waals surface area contributed by atoms with E-state index in [4.69, 9.17) is 19.3 Å². The van der Waals surface area contributed by atoms with E-state index in [9.17, 15) is 17.6 Å². The number of rotatable bonds is 10. The van der Waals surface area contributed by atoms with E-state index in [1.807, 2.05) is 0 Å². The SMILES string of the molecule is CCOC(=O)c1cc(Nc2cccc(F)c2)cc(Nc2c(S(N)(=O)=O)cnc3cc(-c4cnc(OC)nc4OC)ccc23)c1. The first-order valence-electron chi connectivity index (χ1n) is 13.1. The maximum Gasteiger partial charge on any atom is 0.338 e. The number of pyridine rings is 1. The molecule has 0 bridgehead atoms. The van der Waals surface area contributed by atoms with E-state index in [-0.39, 0.29) is 34.6 Å². The molecule has 5 aromatic rings. The fourth-order valence-electron chi connectivity index (χ4n) is 4.47. The quantitative estimate of drug-likeness (QED) is 0.177. The third kappa shape index (κ3) is 6.50. The number of nitrogens with two attached hydrogens (primary N) is 1. The zero-order valence-electron chi connectivity index (χ0n) is 23.8. The van der Waals surface area contributed by atoms with Gasteiger partial charge in [0.2, 0.25) is 15.9 Å². The monoisotopic (exact) mass is 618 g/mol. The number of benzene rings is 3. The molecule has 0 atom stereocenters. The molecule has 12 nitrogen and oxygen atoms in total. The average Bonchev–Trinajstić information content (AvgIpc) is 3.00. The van der Waals surface area contributed by atoms with E-state index in [2.05, 4.69) is 25.6 Å². The molecule has 0 aliphatic rings. The van der Waals surface area contributed by atoms with Crippen molar-refractivity contribution in [2.75, 3.05) is 31.5 Å². The highest BCUT2D eigenvalue weighted by Crippen LogP contribution is 2.36. The lowest BCUT2D eigenvalue weighted by Gasteiger charge is -2.17. The number of hydrogen-bond donors (Lipinski definition) is 3. The summed E-state index contributed by atoms with van der Waals surface area (Å²) < 4.78 is 54.8. The first kappa shape index (κ1) is 30.1. The summed E-state index contributed by atoms with van der Waals surface area (Å²) >= 11 is 0. The van der Waals surface area contributed by atoms with Gasteiger partial charge in [-0.05, 0) is 55.0 Å². The average molecular weight is 619 g/mol. The van der Waals surface area contributed by atoms with E-state index in [1.54, 1.807) is 37.3 Å². The van der Waals surface area contributed by atoms with E-state index in [0.29, 0.717) is 39.1 Å². The molecule has 0 aliphatic heterocycles. The van der Waals surface area contributed by atoms with Gasteiger partial charge < -0.3 is 24.8 Å². The summed E-state index contributed by atoms with van der Waals surface area (Å²) in [6.45, 7) is 1.81. The van der Waals surface area contributed by atoms with Crippen molar-refractivity contribution in [2.45, 2.75) is 11.8 Å². The number of aromatic nitrogens is 3. The van der Waals surface area contributed by atoms with Crippen LogP contribution in [0.2, 0.25) is 0 Å². The number of hydrogen-bond acceptors (Lipinski definition) is 11. The number of carbonyl (C=O) groups excluding carboxylic acids is 1. The third-order valence-electron chi connectivity index (χ3n) is 6.39. The fraction of sp³-hybridized carbons (Fsp3) is 0.133. The van der Waals surface area contributed by atoms with Crippen molar-refractivity contribution in [3.05, 3.63) is 84.4 Å². The zero-order valence-corrected chi connectivity index (χ0v) is 24.6. The number of halogens is 1. The Morgan fingerprint density at radius 1 is 0.932 bits per heavy atom. The molecule has 4 N–H and O–H groups in total. The van der Waals surface area contributed by atoms with E-state index in [1.165, 1.54) is 50.7 Å². The van der Waals surface area contributed by atoms with Crippen molar-refractivity contribution >= 4 is 49.6 Å². The summed E-state index contributed by atoms with van der Waals surface area (Å²) in [5.41, 5.74) is 3.06. The van der Waals surface area contributed by atoms with Crippen molar-refractivity contribution in [1.29, 1.82) is 0 Å². The highest BCUT2D eigenvalue weighted by atomic mass is 32.2. The second kappa shape index (κ2) is 12.5. The van der Waals surface area contributed by atoms with Gasteiger partial charge in [0.25, 0.3) is 0 Å². The fourth-order valence-corrected chi connectivity index (χ4v) is 5.12. The molecule has 44 heavy (non-hydrogen) atoms. The van der Waals surface area contributed by atoms with Gasteiger partial charge in [-0.25, -0.2) is 27.7 Å². The highest BCUT2D eigenvalue weighted by Gasteiger charge is 2.21. The predicted octanol–water partition coefficient (Wildman–Crippen LogP) is 5.16. The number of nitrogens with zero attached hydrogens (tertiary/aromatic N) is 3. The second-order valence-electron chi connectivity index (χ2n) is 9.33. The standard InChI is InChI=1S/C30H27FN6O6S/c1-4-43-29(38)18-10-21(35-20-7-5-6-19(31)13-20)14-22(11-18)36-27-23-9-8-17(12-25(23)33-16-26(27)44(32,39)40)24-15-34-30(42-3)37-28(24)41-2/h5-16,35H,4H2,1-3H3,(H,33,36)(H2,32,39,40). The second-order valence-corrected chi connectivity index (χ2v) is 10.9. The van der Waals surface area contributed by atoms with Gasteiger partial charge in [0.1, 0.15) is 10.7 Å². The van der Waals surface area contributed by atoms with Crippen LogP contribution in [0.1, 0.15) is 17.3 Å². The smallest absolute Gasteiger partial charge is 0.338 e. The van der Waals surface area contributed by atoms with Crippen LogP contribution in [0.5, 0.6) is 11.9 Å². The lowest BCUT2D eigenvalue weighted by molar-refractivity contribution is 0.0526. The van der Waals surface area contributed by atoms with Crippen LogP contribution in [0.25, 0.3) is 22.0 Å². The maximum atomic E-state index is 13.8. The predicted molar refractivity (Wildman–Crippen MR) is 163 cm³/mol. The van der Waals surface area contributed by atoms with Crippen molar-refractivity contribution in [1.82, 2.24) is 15.0 Å². The minimum Gasteiger partial charge on any atom is -0.480 e. The molecular weight excluding hydrogens is 591 g/mol. The Labute approximate surface area is 252 Å². The summed E-state index contributed by atoms with van der Waals surface area (Å²) in [6, 6.07) is 15.7. The van der Waals surface area contributed by atoms with Crippen molar-refractivity contribution in [3.63, 3.8) is 0 Å². The topological polar surface area (TPSA) is 168 Å². The molecule has 226 valence electrons. The molecule has 0 fully saturated rings. The summed E-state index contributed by atoms with van der Waals surface area (Å²) in [7, 11) is -1.35. The van der Waals surface area contributed by atoms with Gasteiger partial charge in [0, 0.05) is 34.8 Å². The van der Waals surface area contributed by atoms with Crippen LogP contribution < -0.4 is 25.2 Å². The van der Waals surface area contributed by atoms with Gasteiger partial charge in [-0.3, -0.25) is 4.98 Å². The van der Waals surface area contributed by atoms with E-state index >= 15 is 0 Å². The first-order chi connectivity index (χ1) is 21.1. The van der Waals surface area contributed by atoms with Crippen LogP contribution in [-0.4, -0.2) is 50.2 Å². The number of nitrogens with one attached hydrogen (secondary N) is 2. The lowest BCUT2D eigenvalue weighted by atomic mass is 10.0. The van der Waals surface area contributed by atoms with Gasteiger partial charge in [0.05, 0.1) is 43.2 Å². The summed E-state index contributed by atoms with van der Waals surface area (Å²) in [4.78, 5) is 25.2. The van der Waals surface area contributed by atoms with Crippen molar-refractivity contribution in [2.24, 2.45) is 5.14 Å². The number of fused-ring (bicyclic) bond motifs is 1. The van der Waals surface area contributed by atoms with Crippen LogP contribution in [0.3, 0.4) is 0 Å². The van der Waals surface area contributed by atoms with Crippen molar-refractivity contribution < 1.29 is 31.8 Å². The molecule has 3 aromatic carbocycles. The number of primary sulfonamides is 1. The number of esters is 1. The third-order valence-corrected chi connectivity index (χ3v) is 7.31. The summed E-state index contributed by atoms with van der Waals surface area (Å²) in [5.74, 6) is -0.788. The Morgan fingerprint density at radius 2 is 1.70 bits per heavy atom. The van der Waals surface area contributed by atoms with E-state index < -0.39 is 21.8 Å². The van der Waals surface area contributed by atoms with Crippen LogP contribution in [0.15, 0.2) is 78.0 Å². The molecule has 0 aliphatic carbocycles. The van der Waals surface area contributed by atoms with Crippen molar-refractivity contribution in [3.8, 4) is 23.0 Å². The van der Waals surface area contributed by atoms with Gasteiger partial charge in [-0.15, -0.1) is 0 Å². The molecule has 0 spiro atoms. The Kier molecular flexibility index (Phi) is 8.55. The molecule has 0 saturated heterocycles. The minimum atomic E-state index is -4.25. The molecule has 2 heterocycles. The minimum absolute atomic E-state index is 0.125. The van der Waals surface area contributed by atoms with Gasteiger partial charge in [-0.1, -0.05) is 18.2 Å². The molecule has 0 unspecified atom stereocenters. The number of sulfonamides is 1. The molecule has 2 aromatic heterocycles. The zero-order chi connectivity index (χ0) is 31.4. The Morgan fingerprint density at radius 3 is 2.39 bits per heavy atom. The van der Waals surface area contributed by atoms with Crippen LogP contribution in [0, 0.1) is 5.82 Å². The van der Waals surface area contributed by atoms with Gasteiger partial charge in [-0.2, -0.15) is 4.98 Å². The van der Waals surface area contributed by atoms with Gasteiger partial charge >= 0.3 is 12.0 Å². The molecule has 5 rings (SSSR count). The number of ether oxygens (including phenoxy) is 3. The number of anilines is 4. The largest absolute Gasteiger partial charge is 0.480 e.